The SMILES string of the molecule is N#C/C(=C\c1oc(Sc2ccc(Cl)cc2)cc1Br)c1ccc(Cl)cc1. The number of hydrogen-bond donors (Lipinski definition) is 0. The van der Waals surface area contributed by atoms with Crippen molar-refractivity contribution in [1.82, 2.24) is 0 Å². The molecule has 25 heavy (non-hydrogen) atoms. The van der Waals surface area contributed by atoms with E-state index < -0.39 is 0 Å². The Kier molecular flexibility index (Phi) is 5.93. The Morgan fingerprint density at radius 2 is 1.64 bits per heavy atom. The molecule has 2 nitrogen and oxygen atoms in total. The Morgan fingerprint density at radius 1 is 1.04 bits per heavy atom. The van der Waals surface area contributed by atoms with Gasteiger partial charge in [-0.25, -0.2) is 0 Å². The van der Waals surface area contributed by atoms with Gasteiger partial charge in [-0.3, -0.25) is 0 Å². The van der Waals surface area contributed by atoms with Crippen molar-refractivity contribution >= 4 is 62.5 Å². The molecule has 2 aromatic carbocycles. The van der Waals surface area contributed by atoms with Crippen LogP contribution in [-0.4, -0.2) is 0 Å². The molecule has 0 aliphatic carbocycles. The van der Waals surface area contributed by atoms with Crippen LogP contribution >= 0.6 is 50.9 Å². The van der Waals surface area contributed by atoms with Crippen LogP contribution in [0.15, 0.2) is 73.5 Å². The second-order valence-electron chi connectivity index (χ2n) is 5.01. The molecule has 0 N–H and O–H groups in total. The Hall–Kier alpha value is -1.64. The maximum absolute atomic E-state index is 9.44. The normalized spacial score (nSPS) is 11.4. The van der Waals surface area contributed by atoms with E-state index in [9.17, 15) is 5.26 Å². The van der Waals surface area contributed by atoms with Gasteiger partial charge in [-0.1, -0.05) is 47.1 Å². The molecule has 0 saturated heterocycles. The van der Waals surface area contributed by atoms with Crippen LogP contribution in [0.25, 0.3) is 11.6 Å². The largest absolute Gasteiger partial charge is 0.449 e. The lowest BCUT2D eigenvalue weighted by Gasteiger charge is -1.99. The van der Waals surface area contributed by atoms with Crippen molar-refractivity contribution in [3.63, 3.8) is 0 Å². The second-order valence-corrected chi connectivity index (χ2v) is 7.82. The van der Waals surface area contributed by atoms with E-state index in [-0.39, 0.29) is 0 Å². The van der Waals surface area contributed by atoms with Crippen molar-refractivity contribution in [2.75, 3.05) is 0 Å². The molecular formula is C19H10BrCl2NOS. The van der Waals surface area contributed by atoms with E-state index in [0.29, 0.717) is 26.5 Å². The topological polar surface area (TPSA) is 36.9 Å². The molecule has 1 aromatic heterocycles. The maximum atomic E-state index is 9.44. The van der Waals surface area contributed by atoms with E-state index in [0.717, 1.165) is 14.9 Å². The molecule has 1 heterocycles. The van der Waals surface area contributed by atoms with E-state index in [4.69, 9.17) is 27.6 Å². The third kappa shape index (κ3) is 4.71. The minimum Gasteiger partial charge on any atom is -0.449 e. The highest BCUT2D eigenvalue weighted by Gasteiger charge is 2.11. The number of allylic oxidation sites excluding steroid dienone is 1. The predicted molar refractivity (Wildman–Crippen MR) is 107 cm³/mol. The molecule has 0 aliphatic rings. The summed E-state index contributed by atoms with van der Waals surface area (Å²) in [5.41, 5.74) is 1.27. The molecule has 6 heteroatoms. The predicted octanol–water partition coefficient (Wildman–Crippen LogP) is 7.56. The zero-order chi connectivity index (χ0) is 17.8. The van der Waals surface area contributed by atoms with Crippen molar-refractivity contribution in [2.45, 2.75) is 9.99 Å². The highest BCUT2D eigenvalue weighted by molar-refractivity contribution is 9.10. The van der Waals surface area contributed by atoms with Gasteiger partial charge in [0.1, 0.15) is 5.76 Å². The minimum atomic E-state index is 0.495. The summed E-state index contributed by atoms with van der Waals surface area (Å²) in [5, 5.41) is 11.5. The zero-order valence-corrected chi connectivity index (χ0v) is 16.6. The molecule has 0 saturated carbocycles. The Morgan fingerprint density at radius 3 is 2.24 bits per heavy atom. The van der Waals surface area contributed by atoms with E-state index in [2.05, 4.69) is 22.0 Å². The molecule has 0 aliphatic heterocycles. The molecule has 0 atom stereocenters. The van der Waals surface area contributed by atoms with Gasteiger partial charge in [0.05, 0.1) is 16.1 Å². The standard InChI is InChI=1S/C19H10BrCl2NOS/c20-17-10-19(25-16-7-5-15(22)6-8-16)24-18(17)9-13(11-23)12-1-3-14(21)4-2-12/h1-10H/b13-9+. The first kappa shape index (κ1) is 18.2. The number of nitrogens with zero attached hydrogens (tertiary/aromatic N) is 1. The van der Waals surface area contributed by atoms with Crippen LogP contribution in [0.3, 0.4) is 0 Å². The number of hydrogen-bond acceptors (Lipinski definition) is 3. The molecule has 0 spiro atoms. The van der Waals surface area contributed by atoms with E-state index >= 15 is 0 Å². The number of nitriles is 1. The fourth-order valence-corrected chi connectivity index (χ4v) is 3.69. The lowest BCUT2D eigenvalue weighted by Crippen LogP contribution is -1.81. The maximum Gasteiger partial charge on any atom is 0.166 e. The summed E-state index contributed by atoms with van der Waals surface area (Å²) in [7, 11) is 0. The van der Waals surface area contributed by atoms with Crippen LogP contribution in [0.5, 0.6) is 0 Å². The molecule has 3 rings (SSSR count). The van der Waals surface area contributed by atoms with Crippen LogP contribution in [0.4, 0.5) is 0 Å². The van der Waals surface area contributed by atoms with E-state index in [1.165, 1.54) is 11.8 Å². The number of halogens is 3. The summed E-state index contributed by atoms with van der Waals surface area (Å²) in [5.74, 6) is 0.586. The third-order valence-corrected chi connectivity index (χ3v) is 5.31. The Labute approximate surface area is 168 Å². The summed E-state index contributed by atoms with van der Waals surface area (Å²) < 4.78 is 6.64. The number of rotatable bonds is 4. The first-order valence-electron chi connectivity index (χ1n) is 7.15. The van der Waals surface area contributed by atoms with Gasteiger partial charge < -0.3 is 4.42 Å². The lowest BCUT2D eigenvalue weighted by atomic mass is 10.1. The third-order valence-electron chi connectivity index (χ3n) is 3.27. The van der Waals surface area contributed by atoms with Crippen molar-refractivity contribution in [3.8, 4) is 6.07 Å². The van der Waals surface area contributed by atoms with Gasteiger partial charge >= 0.3 is 0 Å². The van der Waals surface area contributed by atoms with Gasteiger partial charge in [-0.15, -0.1) is 0 Å². The van der Waals surface area contributed by atoms with Crippen molar-refractivity contribution in [2.24, 2.45) is 0 Å². The van der Waals surface area contributed by atoms with Crippen LogP contribution in [0.1, 0.15) is 11.3 Å². The lowest BCUT2D eigenvalue weighted by molar-refractivity contribution is 0.466. The molecule has 124 valence electrons. The highest BCUT2D eigenvalue weighted by Crippen LogP contribution is 2.35. The van der Waals surface area contributed by atoms with Gasteiger partial charge in [0.25, 0.3) is 0 Å². The molecule has 3 aromatic rings. The van der Waals surface area contributed by atoms with Gasteiger partial charge in [0, 0.05) is 27.1 Å². The average Bonchev–Trinajstić information content (AvgIpc) is 2.95. The highest BCUT2D eigenvalue weighted by atomic mass is 79.9. The molecule has 0 unspecified atom stereocenters. The number of benzene rings is 2. The summed E-state index contributed by atoms with van der Waals surface area (Å²) in [6, 6.07) is 18.7. The molecule has 0 radical (unpaired) electrons. The molecule has 0 amide bonds. The minimum absolute atomic E-state index is 0.495. The van der Waals surface area contributed by atoms with Crippen molar-refractivity contribution in [1.29, 1.82) is 5.26 Å². The summed E-state index contributed by atoms with van der Waals surface area (Å²) in [6.07, 6.45) is 1.71. The van der Waals surface area contributed by atoms with Gasteiger partial charge in [0.15, 0.2) is 5.09 Å². The summed E-state index contributed by atoms with van der Waals surface area (Å²) in [6.45, 7) is 0. The second kappa shape index (κ2) is 8.16. The van der Waals surface area contributed by atoms with Crippen LogP contribution in [0.2, 0.25) is 10.0 Å². The Balaban J connectivity index is 1.87. The van der Waals surface area contributed by atoms with Gasteiger partial charge in [0.2, 0.25) is 0 Å². The van der Waals surface area contributed by atoms with Crippen LogP contribution in [0, 0.1) is 11.3 Å². The average molecular weight is 451 g/mol. The van der Waals surface area contributed by atoms with Crippen molar-refractivity contribution < 1.29 is 4.42 Å². The fraction of sp³-hybridized carbons (Fsp3) is 0. The smallest absolute Gasteiger partial charge is 0.166 e. The monoisotopic (exact) mass is 449 g/mol. The number of furan rings is 1. The fourth-order valence-electron chi connectivity index (χ4n) is 2.07. The summed E-state index contributed by atoms with van der Waals surface area (Å²) >= 11 is 16.8. The van der Waals surface area contributed by atoms with E-state index in [1.807, 2.05) is 30.3 Å². The van der Waals surface area contributed by atoms with Crippen LogP contribution in [-0.2, 0) is 0 Å². The van der Waals surface area contributed by atoms with Gasteiger partial charge in [-0.2, -0.15) is 5.26 Å². The Bertz CT molecular complexity index is 957. The van der Waals surface area contributed by atoms with Gasteiger partial charge in [-0.05, 0) is 57.9 Å². The molecular weight excluding hydrogens is 441 g/mol. The van der Waals surface area contributed by atoms with Crippen molar-refractivity contribution in [3.05, 3.63) is 80.4 Å². The molecule has 0 fully saturated rings. The first-order chi connectivity index (χ1) is 12.0. The first-order valence-corrected chi connectivity index (χ1v) is 9.52. The molecule has 0 bridgehead atoms. The summed E-state index contributed by atoms with van der Waals surface area (Å²) in [4.78, 5) is 1.01. The van der Waals surface area contributed by atoms with Crippen LogP contribution < -0.4 is 0 Å². The zero-order valence-electron chi connectivity index (χ0n) is 12.7. The quantitative estimate of drug-likeness (QED) is 0.384. The van der Waals surface area contributed by atoms with E-state index in [1.54, 1.807) is 30.3 Å².